The number of thiophene rings is 1. The first-order valence-electron chi connectivity index (χ1n) is 9.64. The van der Waals surface area contributed by atoms with E-state index in [4.69, 9.17) is 0 Å². The number of nitrogens with zero attached hydrogens (tertiary/aromatic N) is 4. The Morgan fingerprint density at radius 2 is 2.15 bits per heavy atom. The molecule has 2 aromatic rings. The van der Waals surface area contributed by atoms with Crippen LogP contribution in [0.4, 0.5) is 0 Å². The van der Waals surface area contributed by atoms with E-state index in [2.05, 4.69) is 44.1 Å². The van der Waals surface area contributed by atoms with Gasteiger partial charge >= 0.3 is 19.8 Å². The molecule has 2 aliphatic rings. The SMILES string of the molecule is CCN(C)C1CCCCC1.CNSN1CCc2sc3ncn[c-]c3c2C1.[Os+]. The van der Waals surface area contributed by atoms with Crippen molar-refractivity contribution >= 4 is 33.7 Å². The summed E-state index contributed by atoms with van der Waals surface area (Å²) in [5.74, 6) is 0. The zero-order valence-electron chi connectivity index (χ0n) is 16.5. The molecule has 1 N–H and O–H groups in total. The molecule has 0 bridgehead atoms. The summed E-state index contributed by atoms with van der Waals surface area (Å²) in [7, 11) is 4.19. The van der Waals surface area contributed by atoms with Gasteiger partial charge in [-0.1, -0.05) is 37.1 Å². The van der Waals surface area contributed by atoms with E-state index in [1.54, 1.807) is 29.8 Å². The van der Waals surface area contributed by atoms with Crippen molar-refractivity contribution in [2.45, 2.75) is 58.0 Å². The molecule has 3 heterocycles. The summed E-state index contributed by atoms with van der Waals surface area (Å²) < 4.78 is 5.43. The second-order valence-electron chi connectivity index (χ2n) is 6.94. The van der Waals surface area contributed by atoms with Gasteiger partial charge in [-0.05, 0) is 51.0 Å². The van der Waals surface area contributed by atoms with E-state index in [0.717, 1.165) is 35.8 Å². The van der Waals surface area contributed by atoms with Crippen molar-refractivity contribution in [3.8, 4) is 0 Å². The molecule has 27 heavy (non-hydrogen) atoms. The molecule has 0 atom stereocenters. The average molecular weight is 583 g/mol. The van der Waals surface area contributed by atoms with Crippen LogP contribution >= 0.6 is 23.5 Å². The second-order valence-corrected chi connectivity index (χ2v) is 9.13. The van der Waals surface area contributed by atoms with Gasteiger partial charge < -0.3 is 14.9 Å². The topological polar surface area (TPSA) is 44.3 Å². The number of hydrogen-bond donors (Lipinski definition) is 1. The van der Waals surface area contributed by atoms with Gasteiger partial charge in [0, 0.05) is 42.4 Å². The Morgan fingerprint density at radius 1 is 1.37 bits per heavy atom. The number of aromatic nitrogens is 2. The summed E-state index contributed by atoms with van der Waals surface area (Å²) >= 11 is 3.44. The fourth-order valence-electron chi connectivity index (χ4n) is 3.72. The minimum atomic E-state index is 0. The van der Waals surface area contributed by atoms with Gasteiger partial charge in [-0.3, -0.25) is 4.72 Å². The van der Waals surface area contributed by atoms with E-state index in [9.17, 15) is 0 Å². The van der Waals surface area contributed by atoms with Crippen LogP contribution in [0.3, 0.4) is 0 Å². The maximum atomic E-state index is 4.29. The minimum absolute atomic E-state index is 0. The quantitative estimate of drug-likeness (QED) is 0.436. The van der Waals surface area contributed by atoms with Crippen LogP contribution in [0, 0.1) is 6.20 Å². The number of rotatable bonds is 4. The van der Waals surface area contributed by atoms with Crippen molar-refractivity contribution in [1.29, 1.82) is 0 Å². The summed E-state index contributed by atoms with van der Waals surface area (Å²) in [5, 5.41) is 1.10. The predicted octanol–water partition coefficient (Wildman–Crippen LogP) is 3.90. The normalized spacial score (nSPS) is 17.9. The van der Waals surface area contributed by atoms with Crippen LogP contribution in [0.2, 0.25) is 0 Å². The molecule has 1 fully saturated rings. The van der Waals surface area contributed by atoms with Crippen molar-refractivity contribution in [2.24, 2.45) is 0 Å². The van der Waals surface area contributed by atoms with Gasteiger partial charge in [-0.25, -0.2) is 4.31 Å². The molecule has 151 valence electrons. The summed E-state index contributed by atoms with van der Waals surface area (Å²) in [4.78, 5) is 13.3. The maximum Gasteiger partial charge on any atom is 1.00 e. The van der Waals surface area contributed by atoms with Gasteiger partial charge in [-0.15, -0.1) is 0 Å². The Hall–Kier alpha value is -0.0936. The first kappa shape index (κ1) is 23.2. The van der Waals surface area contributed by atoms with Gasteiger partial charge in [0.05, 0.1) is 0 Å². The molecule has 1 radical (unpaired) electrons. The summed E-state index contributed by atoms with van der Waals surface area (Å²) in [6.45, 7) is 5.49. The molecule has 0 unspecified atom stereocenters. The smallest absolute Gasteiger partial charge is 0.341 e. The van der Waals surface area contributed by atoms with E-state index < -0.39 is 0 Å². The van der Waals surface area contributed by atoms with Crippen molar-refractivity contribution in [3.63, 3.8) is 0 Å². The van der Waals surface area contributed by atoms with Gasteiger partial charge in [0.1, 0.15) is 0 Å². The van der Waals surface area contributed by atoms with E-state index in [1.807, 2.05) is 7.05 Å². The fraction of sp³-hybridized carbons (Fsp3) is 0.684. The van der Waals surface area contributed by atoms with Crippen LogP contribution < -0.4 is 4.72 Å². The summed E-state index contributed by atoms with van der Waals surface area (Å²) in [5.41, 5.74) is 1.36. The van der Waals surface area contributed by atoms with Crippen LogP contribution in [0.15, 0.2) is 6.33 Å². The fourth-order valence-corrected chi connectivity index (χ4v) is 5.44. The Morgan fingerprint density at radius 3 is 2.85 bits per heavy atom. The van der Waals surface area contributed by atoms with Crippen molar-refractivity contribution < 1.29 is 19.8 Å². The second kappa shape index (κ2) is 11.8. The maximum absolute atomic E-state index is 4.29. The molecule has 8 heteroatoms. The van der Waals surface area contributed by atoms with E-state index in [0.29, 0.717) is 0 Å². The van der Waals surface area contributed by atoms with E-state index in [-0.39, 0.29) is 19.8 Å². The van der Waals surface area contributed by atoms with Crippen LogP contribution in [-0.2, 0) is 32.8 Å². The van der Waals surface area contributed by atoms with Crippen LogP contribution in [-0.4, -0.2) is 52.4 Å². The minimum Gasteiger partial charge on any atom is -0.341 e. The van der Waals surface area contributed by atoms with Crippen molar-refractivity contribution in [3.05, 3.63) is 23.0 Å². The molecular formula is C19H30N5OsS2. The molecular weight excluding hydrogens is 553 g/mol. The summed E-state index contributed by atoms with van der Waals surface area (Å²) in [6, 6.07) is 0.902. The standard InChI is InChI=1S/C10H11N4S2.C9H19N.Os/c1-11-16-14-3-2-9-8(5-14)7-4-12-6-13-10(7)15-9;1-3-10(2)9-7-5-4-6-8-9;/h6,11H,2-3,5H2,1H3;9H,3-8H2,1-2H3;/q-1;;+1. The molecule has 2 aromatic heterocycles. The van der Waals surface area contributed by atoms with E-state index in [1.165, 1.54) is 49.1 Å². The molecule has 1 aliphatic carbocycles. The first-order valence-corrected chi connectivity index (χ1v) is 11.2. The van der Waals surface area contributed by atoms with Crippen molar-refractivity contribution in [2.75, 3.05) is 27.2 Å². The first-order chi connectivity index (χ1) is 12.7. The molecule has 1 saturated carbocycles. The predicted molar refractivity (Wildman–Crippen MR) is 112 cm³/mol. The zero-order valence-corrected chi connectivity index (χ0v) is 20.7. The number of hydrogen-bond acceptors (Lipinski definition) is 7. The van der Waals surface area contributed by atoms with Gasteiger partial charge in [-0.2, -0.15) is 11.3 Å². The van der Waals surface area contributed by atoms with Crippen LogP contribution in [0.1, 0.15) is 49.5 Å². The Bertz CT molecular complexity index is 690. The largest absolute Gasteiger partial charge is 1.00 e. The number of nitrogens with one attached hydrogen (secondary N) is 1. The molecule has 1 aliphatic heterocycles. The van der Waals surface area contributed by atoms with Crippen LogP contribution in [0.5, 0.6) is 0 Å². The molecule has 0 saturated heterocycles. The third-order valence-electron chi connectivity index (χ3n) is 5.32. The molecule has 4 rings (SSSR count). The molecule has 0 spiro atoms. The Balaban J connectivity index is 0.000000208. The Kier molecular flexibility index (Phi) is 10.1. The monoisotopic (exact) mass is 584 g/mol. The third-order valence-corrected chi connectivity index (χ3v) is 7.27. The number of fused-ring (bicyclic) bond motifs is 3. The summed E-state index contributed by atoms with van der Waals surface area (Å²) in [6.07, 6.45) is 13.0. The van der Waals surface area contributed by atoms with Gasteiger partial charge in [0.2, 0.25) is 0 Å². The third kappa shape index (κ3) is 6.19. The van der Waals surface area contributed by atoms with Crippen molar-refractivity contribution in [1.82, 2.24) is 23.9 Å². The zero-order chi connectivity index (χ0) is 18.4. The average Bonchev–Trinajstić information content (AvgIpc) is 3.07. The van der Waals surface area contributed by atoms with Gasteiger partial charge in [0.15, 0.2) is 0 Å². The molecule has 0 amide bonds. The Labute approximate surface area is 185 Å². The molecule has 5 nitrogen and oxygen atoms in total. The molecule has 0 aromatic carbocycles. The van der Waals surface area contributed by atoms with Crippen LogP contribution in [0.25, 0.3) is 10.2 Å². The van der Waals surface area contributed by atoms with E-state index >= 15 is 0 Å². The van der Waals surface area contributed by atoms with Gasteiger partial charge in [0.25, 0.3) is 0 Å².